The van der Waals surface area contributed by atoms with Crippen LogP contribution in [0.3, 0.4) is 0 Å². The van der Waals surface area contributed by atoms with Crippen LogP contribution in [0.25, 0.3) is 0 Å². The lowest BCUT2D eigenvalue weighted by molar-refractivity contribution is -0.137. The third-order valence-corrected chi connectivity index (χ3v) is 4.09. The fraction of sp³-hybridized carbons (Fsp3) is 0.615. The van der Waals surface area contributed by atoms with E-state index >= 15 is 0 Å². The standard InChI is InChI=1S/C13H16F3N3/c14-13(15,16)11-3-12(6-18-5-11)19-7-9-1-2-17-4-10(9)8-19/h3,5-6,9-10,17H,1-2,4,7-8H2/t9-,10+/m0/s1. The minimum Gasteiger partial charge on any atom is -0.370 e. The molecule has 1 aromatic rings. The maximum Gasteiger partial charge on any atom is 0.417 e. The number of nitrogens with one attached hydrogen (secondary N) is 1. The summed E-state index contributed by atoms with van der Waals surface area (Å²) in [6, 6.07) is 1.21. The van der Waals surface area contributed by atoms with Gasteiger partial charge >= 0.3 is 6.18 Å². The average Bonchev–Trinajstić information content (AvgIpc) is 2.81. The summed E-state index contributed by atoms with van der Waals surface area (Å²) < 4.78 is 38.0. The highest BCUT2D eigenvalue weighted by atomic mass is 19.4. The molecule has 3 heterocycles. The number of nitrogens with zero attached hydrogens (tertiary/aromatic N) is 2. The minimum atomic E-state index is -4.32. The smallest absolute Gasteiger partial charge is 0.370 e. The van der Waals surface area contributed by atoms with Crippen LogP contribution >= 0.6 is 0 Å². The van der Waals surface area contributed by atoms with E-state index in [9.17, 15) is 13.2 Å². The van der Waals surface area contributed by atoms with Gasteiger partial charge in [-0.1, -0.05) is 0 Å². The summed E-state index contributed by atoms with van der Waals surface area (Å²) >= 11 is 0. The number of pyridine rings is 1. The van der Waals surface area contributed by atoms with Crippen molar-refractivity contribution in [1.82, 2.24) is 10.3 Å². The van der Waals surface area contributed by atoms with Crippen molar-refractivity contribution in [2.45, 2.75) is 12.6 Å². The Bertz CT molecular complexity index is 447. The van der Waals surface area contributed by atoms with Gasteiger partial charge in [0.25, 0.3) is 0 Å². The van der Waals surface area contributed by atoms with Crippen molar-refractivity contribution in [1.29, 1.82) is 0 Å². The quantitative estimate of drug-likeness (QED) is 0.848. The molecule has 0 saturated carbocycles. The molecule has 0 unspecified atom stereocenters. The van der Waals surface area contributed by atoms with E-state index in [-0.39, 0.29) is 0 Å². The molecule has 1 N–H and O–H groups in total. The van der Waals surface area contributed by atoms with Crippen LogP contribution in [0, 0.1) is 11.8 Å². The Hall–Kier alpha value is -1.30. The lowest BCUT2D eigenvalue weighted by Gasteiger charge is -2.23. The zero-order chi connectivity index (χ0) is 13.5. The van der Waals surface area contributed by atoms with Gasteiger partial charge in [-0.15, -0.1) is 0 Å². The first-order chi connectivity index (χ1) is 9.04. The lowest BCUT2D eigenvalue weighted by Crippen LogP contribution is -2.35. The molecule has 104 valence electrons. The Morgan fingerprint density at radius 3 is 2.74 bits per heavy atom. The largest absolute Gasteiger partial charge is 0.417 e. The number of halogens is 3. The fourth-order valence-electron chi connectivity index (χ4n) is 3.04. The van der Waals surface area contributed by atoms with Gasteiger partial charge in [-0.2, -0.15) is 13.2 Å². The summed E-state index contributed by atoms with van der Waals surface area (Å²) in [6.07, 6.45) is -0.807. The van der Waals surface area contributed by atoms with E-state index < -0.39 is 11.7 Å². The van der Waals surface area contributed by atoms with Crippen LogP contribution in [-0.4, -0.2) is 31.2 Å². The van der Waals surface area contributed by atoms with Crippen molar-refractivity contribution in [3.8, 4) is 0 Å². The van der Waals surface area contributed by atoms with E-state index in [1.807, 2.05) is 4.90 Å². The van der Waals surface area contributed by atoms with Gasteiger partial charge in [-0.25, -0.2) is 0 Å². The Kier molecular flexibility index (Phi) is 3.12. The SMILES string of the molecule is FC(F)(F)c1cncc(N2C[C@H]3CNCC[C@H]3C2)c1. The van der Waals surface area contributed by atoms with Crippen LogP contribution in [0.1, 0.15) is 12.0 Å². The van der Waals surface area contributed by atoms with Crippen LogP contribution in [0.15, 0.2) is 18.5 Å². The van der Waals surface area contributed by atoms with Crippen LogP contribution in [0.4, 0.5) is 18.9 Å². The van der Waals surface area contributed by atoms with Gasteiger partial charge in [0.2, 0.25) is 0 Å². The number of aromatic nitrogens is 1. The molecule has 2 fully saturated rings. The molecular weight excluding hydrogens is 255 g/mol. The van der Waals surface area contributed by atoms with Gasteiger partial charge in [0.1, 0.15) is 0 Å². The monoisotopic (exact) mass is 271 g/mol. The van der Waals surface area contributed by atoms with E-state index in [2.05, 4.69) is 10.3 Å². The third-order valence-electron chi connectivity index (χ3n) is 4.09. The first-order valence-electron chi connectivity index (χ1n) is 6.52. The normalized spacial score (nSPS) is 27.4. The second-order valence-electron chi connectivity index (χ2n) is 5.35. The number of alkyl halides is 3. The minimum absolute atomic E-state index is 0.545. The predicted octanol–water partition coefficient (Wildman–Crippen LogP) is 2.15. The van der Waals surface area contributed by atoms with Crippen molar-refractivity contribution >= 4 is 5.69 Å². The van der Waals surface area contributed by atoms with Gasteiger partial charge < -0.3 is 10.2 Å². The summed E-state index contributed by atoms with van der Waals surface area (Å²) in [5.41, 5.74) is -0.0813. The summed E-state index contributed by atoms with van der Waals surface area (Å²) in [6.45, 7) is 3.64. The number of piperidine rings is 1. The number of rotatable bonds is 1. The highest BCUT2D eigenvalue weighted by Gasteiger charge is 2.36. The number of anilines is 1. The van der Waals surface area contributed by atoms with Crippen LogP contribution in [-0.2, 0) is 6.18 Å². The lowest BCUT2D eigenvalue weighted by atomic mass is 9.90. The Morgan fingerprint density at radius 1 is 1.21 bits per heavy atom. The van der Waals surface area contributed by atoms with Crippen molar-refractivity contribution in [2.75, 3.05) is 31.1 Å². The summed E-state index contributed by atoms with van der Waals surface area (Å²) in [5.74, 6) is 1.14. The topological polar surface area (TPSA) is 28.2 Å². The summed E-state index contributed by atoms with van der Waals surface area (Å²) in [7, 11) is 0. The Labute approximate surface area is 109 Å². The third kappa shape index (κ3) is 2.54. The summed E-state index contributed by atoms with van der Waals surface area (Å²) in [4.78, 5) is 5.77. The van der Waals surface area contributed by atoms with Crippen LogP contribution < -0.4 is 10.2 Å². The van der Waals surface area contributed by atoms with E-state index in [1.165, 1.54) is 12.3 Å². The van der Waals surface area contributed by atoms with Crippen LogP contribution in [0.5, 0.6) is 0 Å². The van der Waals surface area contributed by atoms with Crippen molar-refractivity contribution in [2.24, 2.45) is 11.8 Å². The zero-order valence-electron chi connectivity index (χ0n) is 10.5. The summed E-state index contributed by atoms with van der Waals surface area (Å²) in [5, 5.41) is 3.34. The zero-order valence-corrected chi connectivity index (χ0v) is 10.5. The van der Waals surface area contributed by atoms with E-state index in [1.54, 1.807) is 0 Å². The van der Waals surface area contributed by atoms with Crippen molar-refractivity contribution in [3.63, 3.8) is 0 Å². The van der Waals surface area contributed by atoms with Crippen LogP contribution in [0.2, 0.25) is 0 Å². The first kappa shape index (κ1) is 12.7. The predicted molar refractivity (Wildman–Crippen MR) is 65.9 cm³/mol. The van der Waals surface area contributed by atoms with E-state index in [4.69, 9.17) is 0 Å². The number of hydrogen-bond donors (Lipinski definition) is 1. The van der Waals surface area contributed by atoms with Gasteiger partial charge in [0.15, 0.2) is 0 Å². The van der Waals surface area contributed by atoms with Crippen molar-refractivity contribution in [3.05, 3.63) is 24.0 Å². The molecule has 19 heavy (non-hydrogen) atoms. The number of fused-ring (bicyclic) bond motifs is 1. The molecule has 3 nitrogen and oxygen atoms in total. The van der Waals surface area contributed by atoms with Gasteiger partial charge in [0, 0.05) is 19.3 Å². The molecule has 0 amide bonds. The molecule has 2 saturated heterocycles. The molecule has 0 radical (unpaired) electrons. The second-order valence-corrected chi connectivity index (χ2v) is 5.35. The molecule has 2 aliphatic rings. The molecule has 2 aliphatic heterocycles. The molecular formula is C13H16F3N3. The molecule has 1 aromatic heterocycles. The first-order valence-corrected chi connectivity index (χ1v) is 6.52. The van der Waals surface area contributed by atoms with E-state index in [0.29, 0.717) is 17.5 Å². The maximum absolute atomic E-state index is 12.7. The Morgan fingerprint density at radius 2 is 2.00 bits per heavy atom. The molecule has 0 aromatic carbocycles. The highest BCUT2D eigenvalue weighted by molar-refractivity contribution is 5.48. The molecule has 0 bridgehead atoms. The highest BCUT2D eigenvalue weighted by Crippen LogP contribution is 2.34. The second kappa shape index (κ2) is 4.67. The fourth-order valence-corrected chi connectivity index (χ4v) is 3.04. The van der Waals surface area contributed by atoms with Gasteiger partial charge in [-0.3, -0.25) is 4.98 Å². The molecule has 3 rings (SSSR count). The van der Waals surface area contributed by atoms with Gasteiger partial charge in [-0.05, 0) is 37.4 Å². The maximum atomic E-state index is 12.7. The molecule has 2 atom stereocenters. The molecule has 0 spiro atoms. The number of hydrogen-bond acceptors (Lipinski definition) is 3. The molecule has 0 aliphatic carbocycles. The Balaban J connectivity index is 1.80. The van der Waals surface area contributed by atoms with Gasteiger partial charge in [0.05, 0.1) is 17.4 Å². The molecule has 6 heteroatoms. The van der Waals surface area contributed by atoms with E-state index in [0.717, 1.165) is 38.8 Å². The average molecular weight is 271 g/mol. The van der Waals surface area contributed by atoms with Crippen molar-refractivity contribution < 1.29 is 13.2 Å².